The first-order chi connectivity index (χ1) is 9.11. The third-order valence-corrected chi connectivity index (χ3v) is 2.70. The Balaban J connectivity index is 2.24. The zero-order valence-corrected chi connectivity index (χ0v) is 11.1. The van der Waals surface area contributed by atoms with Crippen molar-refractivity contribution in [3.05, 3.63) is 29.8 Å². The number of primary amides is 1. The molecule has 0 saturated carbocycles. The van der Waals surface area contributed by atoms with E-state index < -0.39 is 0 Å². The highest BCUT2D eigenvalue weighted by Gasteiger charge is 2.03. The van der Waals surface area contributed by atoms with Crippen LogP contribution in [0.4, 0.5) is 0 Å². The fourth-order valence-corrected chi connectivity index (χ4v) is 1.66. The minimum Gasteiger partial charge on any atom is -0.497 e. The largest absolute Gasteiger partial charge is 0.497 e. The SMILES string of the molecule is COc1cccc(CNC(=O)CCCCC(N)=O)c1. The number of methoxy groups -OCH3 is 1. The molecular formula is C14H20N2O3. The summed E-state index contributed by atoms with van der Waals surface area (Å²) in [6, 6.07) is 7.55. The zero-order chi connectivity index (χ0) is 14.1. The number of ether oxygens (including phenoxy) is 1. The Morgan fingerprint density at radius 2 is 2.00 bits per heavy atom. The molecule has 0 aliphatic carbocycles. The molecule has 0 saturated heterocycles. The molecule has 0 atom stereocenters. The quantitative estimate of drug-likeness (QED) is 0.695. The van der Waals surface area contributed by atoms with Gasteiger partial charge in [-0.1, -0.05) is 12.1 Å². The molecule has 5 nitrogen and oxygen atoms in total. The predicted octanol–water partition coefficient (Wildman–Crippen LogP) is 1.36. The maximum Gasteiger partial charge on any atom is 0.220 e. The Morgan fingerprint density at radius 1 is 1.26 bits per heavy atom. The molecule has 0 heterocycles. The molecule has 0 aromatic heterocycles. The maximum atomic E-state index is 11.6. The van der Waals surface area contributed by atoms with Crippen molar-refractivity contribution in [1.82, 2.24) is 5.32 Å². The molecule has 1 rings (SSSR count). The van der Waals surface area contributed by atoms with Gasteiger partial charge in [-0.05, 0) is 30.5 Å². The van der Waals surface area contributed by atoms with Crippen LogP contribution in [-0.2, 0) is 16.1 Å². The van der Waals surface area contributed by atoms with Gasteiger partial charge in [0.1, 0.15) is 5.75 Å². The second-order valence-corrected chi connectivity index (χ2v) is 4.30. The fraction of sp³-hybridized carbons (Fsp3) is 0.429. The molecule has 0 bridgehead atoms. The molecule has 0 aliphatic rings. The standard InChI is InChI=1S/C14H20N2O3/c1-19-12-6-4-5-11(9-12)10-16-14(18)8-3-2-7-13(15)17/h4-6,9H,2-3,7-8,10H2,1H3,(H2,15,17)(H,16,18). The van der Waals surface area contributed by atoms with Gasteiger partial charge in [0.05, 0.1) is 7.11 Å². The van der Waals surface area contributed by atoms with Crippen LogP contribution in [0.5, 0.6) is 5.75 Å². The highest BCUT2D eigenvalue weighted by atomic mass is 16.5. The third kappa shape index (κ3) is 6.45. The van der Waals surface area contributed by atoms with Crippen molar-refractivity contribution in [2.24, 2.45) is 5.73 Å². The number of unbranched alkanes of at least 4 members (excludes halogenated alkanes) is 1. The Hall–Kier alpha value is -2.04. The van der Waals surface area contributed by atoms with Crippen molar-refractivity contribution in [1.29, 1.82) is 0 Å². The van der Waals surface area contributed by atoms with E-state index in [-0.39, 0.29) is 11.8 Å². The highest BCUT2D eigenvalue weighted by molar-refractivity contribution is 5.76. The van der Waals surface area contributed by atoms with Crippen LogP contribution >= 0.6 is 0 Å². The summed E-state index contributed by atoms with van der Waals surface area (Å²) in [5.41, 5.74) is 6.01. The van der Waals surface area contributed by atoms with Crippen molar-refractivity contribution in [2.75, 3.05) is 7.11 Å². The number of hydrogen-bond donors (Lipinski definition) is 2. The van der Waals surface area contributed by atoms with E-state index in [9.17, 15) is 9.59 Å². The first-order valence-corrected chi connectivity index (χ1v) is 6.29. The maximum absolute atomic E-state index is 11.6. The summed E-state index contributed by atoms with van der Waals surface area (Å²) < 4.78 is 5.11. The summed E-state index contributed by atoms with van der Waals surface area (Å²) in [6.07, 6.45) is 2.08. The van der Waals surface area contributed by atoms with Crippen LogP contribution in [0.15, 0.2) is 24.3 Å². The number of rotatable bonds is 8. The molecule has 19 heavy (non-hydrogen) atoms. The van der Waals surface area contributed by atoms with Crippen LogP contribution in [0.3, 0.4) is 0 Å². The Bertz CT molecular complexity index is 432. The summed E-state index contributed by atoms with van der Waals surface area (Å²) in [7, 11) is 1.61. The molecule has 0 radical (unpaired) electrons. The van der Waals surface area contributed by atoms with Gasteiger partial charge in [-0.2, -0.15) is 0 Å². The molecule has 3 N–H and O–H groups in total. The van der Waals surface area contributed by atoms with Crippen LogP contribution in [-0.4, -0.2) is 18.9 Å². The van der Waals surface area contributed by atoms with E-state index in [4.69, 9.17) is 10.5 Å². The first kappa shape index (κ1) is 15.0. The molecular weight excluding hydrogens is 244 g/mol. The van der Waals surface area contributed by atoms with Gasteiger partial charge >= 0.3 is 0 Å². The van der Waals surface area contributed by atoms with Gasteiger partial charge in [0.2, 0.25) is 11.8 Å². The number of amides is 2. The second-order valence-electron chi connectivity index (χ2n) is 4.30. The lowest BCUT2D eigenvalue weighted by Crippen LogP contribution is -2.22. The summed E-state index contributed by atoms with van der Waals surface area (Å²) in [4.78, 5) is 22.1. The summed E-state index contributed by atoms with van der Waals surface area (Å²) in [6.45, 7) is 0.478. The van der Waals surface area contributed by atoms with Crippen molar-refractivity contribution in [3.63, 3.8) is 0 Å². The van der Waals surface area contributed by atoms with Crippen molar-refractivity contribution >= 4 is 11.8 Å². The van der Waals surface area contributed by atoms with Crippen molar-refractivity contribution < 1.29 is 14.3 Å². The van der Waals surface area contributed by atoms with E-state index >= 15 is 0 Å². The number of nitrogens with one attached hydrogen (secondary N) is 1. The Morgan fingerprint density at radius 3 is 2.68 bits per heavy atom. The van der Waals surface area contributed by atoms with Crippen LogP contribution in [0.2, 0.25) is 0 Å². The second kappa shape index (κ2) is 8.13. The number of hydrogen-bond acceptors (Lipinski definition) is 3. The van der Waals surface area contributed by atoms with E-state index in [0.717, 1.165) is 11.3 Å². The van der Waals surface area contributed by atoms with E-state index in [1.165, 1.54) is 0 Å². The molecule has 0 aliphatic heterocycles. The van der Waals surface area contributed by atoms with Crippen LogP contribution < -0.4 is 15.8 Å². The Labute approximate surface area is 113 Å². The molecule has 2 amide bonds. The molecule has 0 spiro atoms. The van der Waals surface area contributed by atoms with Gasteiger partial charge < -0.3 is 15.8 Å². The van der Waals surface area contributed by atoms with E-state index in [2.05, 4.69) is 5.32 Å². The highest BCUT2D eigenvalue weighted by Crippen LogP contribution is 2.12. The number of carbonyl (C=O) groups excluding carboxylic acids is 2. The van der Waals surface area contributed by atoms with Gasteiger partial charge in [-0.15, -0.1) is 0 Å². The topological polar surface area (TPSA) is 81.4 Å². The van der Waals surface area contributed by atoms with Crippen LogP contribution in [0, 0.1) is 0 Å². The third-order valence-electron chi connectivity index (χ3n) is 2.70. The molecule has 104 valence electrons. The summed E-state index contributed by atoms with van der Waals surface area (Å²) >= 11 is 0. The van der Waals surface area contributed by atoms with Gasteiger partial charge in [0.15, 0.2) is 0 Å². The smallest absolute Gasteiger partial charge is 0.220 e. The van der Waals surface area contributed by atoms with Gasteiger partial charge in [0, 0.05) is 19.4 Å². The minimum absolute atomic E-state index is 0.0210. The van der Waals surface area contributed by atoms with Gasteiger partial charge in [-0.25, -0.2) is 0 Å². The van der Waals surface area contributed by atoms with E-state index in [1.54, 1.807) is 7.11 Å². The lowest BCUT2D eigenvalue weighted by molar-refractivity contribution is -0.122. The average Bonchev–Trinajstić information content (AvgIpc) is 2.41. The van der Waals surface area contributed by atoms with Crippen LogP contribution in [0.1, 0.15) is 31.2 Å². The molecule has 0 unspecified atom stereocenters. The minimum atomic E-state index is -0.322. The number of carbonyl (C=O) groups is 2. The molecule has 0 fully saturated rings. The Kier molecular flexibility index (Phi) is 6.43. The predicted molar refractivity (Wildman–Crippen MR) is 72.5 cm³/mol. The fourth-order valence-electron chi connectivity index (χ4n) is 1.66. The van der Waals surface area contributed by atoms with Gasteiger partial charge in [-0.3, -0.25) is 9.59 Å². The number of benzene rings is 1. The first-order valence-electron chi connectivity index (χ1n) is 6.29. The molecule has 1 aromatic carbocycles. The lowest BCUT2D eigenvalue weighted by Gasteiger charge is -2.06. The van der Waals surface area contributed by atoms with E-state index in [1.807, 2.05) is 24.3 Å². The van der Waals surface area contributed by atoms with Crippen molar-refractivity contribution in [2.45, 2.75) is 32.2 Å². The van der Waals surface area contributed by atoms with Crippen LogP contribution in [0.25, 0.3) is 0 Å². The van der Waals surface area contributed by atoms with Crippen molar-refractivity contribution in [3.8, 4) is 5.75 Å². The lowest BCUT2D eigenvalue weighted by atomic mass is 10.1. The monoisotopic (exact) mass is 264 g/mol. The number of nitrogens with two attached hydrogens (primary N) is 1. The molecule has 5 heteroatoms. The average molecular weight is 264 g/mol. The summed E-state index contributed by atoms with van der Waals surface area (Å²) in [5, 5.41) is 2.83. The summed E-state index contributed by atoms with van der Waals surface area (Å²) in [5.74, 6) is 0.428. The zero-order valence-electron chi connectivity index (χ0n) is 11.1. The normalized spacial score (nSPS) is 9.95. The van der Waals surface area contributed by atoms with E-state index in [0.29, 0.717) is 32.2 Å². The molecule has 1 aromatic rings. The van der Waals surface area contributed by atoms with Gasteiger partial charge in [0.25, 0.3) is 0 Å².